The largest absolute Gasteiger partial charge is 0.496 e. The highest BCUT2D eigenvalue weighted by Crippen LogP contribution is 2.24. The number of carbonyl (C=O) groups is 1. The third-order valence-electron chi connectivity index (χ3n) is 3.55. The molecule has 0 saturated heterocycles. The van der Waals surface area contributed by atoms with Gasteiger partial charge in [-0.1, -0.05) is 25.1 Å². The molecule has 0 aliphatic rings. The highest BCUT2D eigenvalue weighted by atomic mass is 16.5. The van der Waals surface area contributed by atoms with Gasteiger partial charge in [0.1, 0.15) is 11.3 Å². The summed E-state index contributed by atoms with van der Waals surface area (Å²) in [6, 6.07) is 7.96. The third kappa shape index (κ3) is 3.97. The van der Waals surface area contributed by atoms with Gasteiger partial charge in [0.25, 0.3) is 0 Å². The Morgan fingerprint density at radius 2 is 2.00 bits per heavy atom. The summed E-state index contributed by atoms with van der Waals surface area (Å²) in [6.45, 7) is 6.01. The number of ether oxygens (including phenoxy) is 2. The summed E-state index contributed by atoms with van der Waals surface area (Å²) >= 11 is 0. The van der Waals surface area contributed by atoms with Crippen molar-refractivity contribution in [2.24, 2.45) is 0 Å². The molecule has 0 amide bonds. The van der Waals surface area contributed by atoms with Crippen molar-refractivity contribution in [1.29, 1.82) is 0 Å². The monoisotopic (exact) mass is 279 g/mol. The maximum atomic E-state index is 12.2. The molecule has 1 aromatic rings. The lowest BCUT2D eigenvalue weighted by Gasteiger charge is -2.31. The fourth-order valence-corrected chi connectivity index (χ4v) is 2.28. The fraction of sp³-hybridized carbons (Fsp3) is 0.562. The van der Waals surface area contributed by atoms with Crippen LogP contribution in [-0.4, -0.2) is 31.8 Å². The van der Waals surface area contributed by atoms with E-state index in [1.165, 1.54) is 7.11 Å². The highest BCUT2D eigenvalue weighted by Gasteiger charge is 2.36. The van der Waals surface area contributed by atoms with Crippen LogP contribution in [0.3, 0.4) is 0 Å². The molecule has 1 N–H and O–H groups in total. The van der Waals surface area contributed by atoms with E-state index < -0.39 is 5.54 Å². The van der Waals surface area contributed by atoms with Crippen molar-refractivity contribution in [2.75, 3.05) is 14.2 Å². The van der Waals surface area contributed by atoms with E-state index in [0.717, 1.165) is 17.7 Å². The zero-order valence-corrected chi connectivity index (χ0v) is 13.0. The molecular formula is C16H25NO3. The minimum Gasteiger partial charge on any atom is -0.496 e. The van der Waals surface area contributed by atoms with E-state index in [9.17, 15) is 4.79 Å². The third-order valence-corrected chi connectivity index (χ3v) is 3.55. The molecule has 0 saturated carbocycles. The van der Waals surface area contributed by atoms with Gasteiger partial charge in [0.05, 0.1) is 14.2 Å². The summed E-state index contributed by atoms with van der Waals surface area (Å²) < 4.78 is 10.3. The smallest absolute Gasteiger partial charge is 0.326 e. The number of nitrogens with one attached hydrogen (secondary N) is 1. The van der Waals surface area contributed by atoms with Crippen molar-refractivity contribution in [3.8, 4) is 5.75 Å². The SMILES string of the molecule is CCC(C)NC(C)(Cc1ccccc1OC)C(=O)OC. The molecule has 4 heteroatoms. The van der Waals surface area contributed by atoms with Crippen LogP contribution in [0.4, 0.5) is 0 Å². The second-order valence-electron chi connectivity index (χ2n) is 5.27. The van der Waals surface area contributed by atoms with E-state index in [4.69, 9.17) is 9.47 Å². The van der Waals surface area contributed by atoms with Gasteiger partial charge in [0.2, 0.25) is 0 Å². The standard InChI is InChI=1S/C16H25NO3/c1-6-12(2)17-16(3,15(18)20-5)11-13-9-7-8-10-14(13)19-4/h7-10,12,17H,6,11H2,1-5H3. The summed E-state index contributed by atoms with van der Waals surface area (Å²) in [5, 5.41) is 3.36. The van der Waals surface area contributed by atoms with Crippen LogP contribution in [0.25, 0.3) is 0 Å². The van der Waals surface area contributed by atoms with Crippen molar-refractivity contribution in [2.45, 2.75) is 45.2 Å². The van der Waals surface area contributed by atoms with E-state index in [-0.39, 0.29) is 12.0 Å². The number of para-hydroxylation sites is 1. The molecule has 0 fully saturated rings. The van der Waals surface area contributed by atoms with E-state index in [0.29, 0.717) is 6.42 Å². The first-order valence-corrected chi connectivity index (χ1v) is 6.94. The Morgan fingerprint density at radius 1 is 1.35 bits per heavy atom. The van der Waals surface area contributed by atoms with Crippen molar-refractivity contribution < 1.29 is 14.3 Å². The molecule has 0 bridgehead atoms. The Balaban J connectivity index is 3.03. The molecule has 0 heterocycles. The van der Waals surface area contributed by atoms with Crippen LogP contribution in [0.5, 0.6) is 5.75 Å². The summed E-state index contributed by atoms with van der Waals surface area (Å²) in [5.74, 6) is 0.525. The van der Waals surface area contributed by atoms with Crippen molar-refractivity contribution in [3.05, 3.63) is 29.8 Å². The summed E-state index contributed by atoms with van der Waals surface area (Å²) in [6.07, 6.45) is 1.46. The van der Waals surface area contributed by atoms with Gasteiger partial charge in [-0.2, -0.15) is 0 Å². The molecule has 0 aliphatic carbocycles. The van der Waals surface area contributed by atoms with E-state index >= 15 is 0 Å². The Bertz CT molecular complexity index is 447. The van der Waals surface area contributed by atoms with Gasteiger partial charge in [0, 0.05) is 12.5 Å². The molecule has 0 radical (unpaired) electrons. The molecule has 1 aromatic carbocycles. The Morgan fingerprint density at radius 3 is 2.55 bits per heavy atom. The highest BCUT2D eigenvalue weighted by molar-refractivity contribution is 5.81. The lowest BCUT2D eigenvalue weighted by atomic mass is 9.91. The van der Waals surface area contributed by atoms with Gasteiger partial charge in [-0.3, -0.25) is 10.1 Å². The minimum absolute atomic E-state index is 0.230. The van der Waals surface area contributed by atoms with Gasteiger partial charge in [-0.15, -0.1) is 0 Å². The summed E-state index contributed by atoms with van der Waals surface area (Å²) in [4.78, 5) is 12.2. The molecule has 0 aliphatic heterocycles. The van der Waals surface area contributed by atoms with E-state index in [2.05, 4.69) is 19.2 Å². The average Bonchev–Trinajstić information content (AvgIpc) is 2.46. The molecule has 112 valence electrons. The van der Waals surface area contributed by atoms with E-state index in [1.54, 1.807) is 7.11 Å². The van der Waals surface area contributed by atoms with Gasteiger partial charge in [-0.05, 0) is 31.9 Å². The fourth-order valence-electron chi connectivity index (χ4n) is 2.28. The number of hydrogen-bond acceptors (Lipinski definition) is 4. The first-order chi connectivity index (χ1) is 9.46. The molecule has 2 unspecified atom stereocenters. The number of methoxy groups -OCH3 is 2. The summed E-state index contributed by atoms with van der Waals surface area (Å²) in [7, 11) is 3.05. The van der Waals surface area contributed by atoms with Crippen LogP contribution < -0.4 is 10.1 Å². The molecule has 4 nitrogen and oxygen atoms in total. The zero-order valence-electron chi connectivity index (χ0n) is 13.0. The molecular weight excluding hydrogens is 254 g/mol. The topological polar surface area (TPSA) is 47.6 Å². The first-order valence-electron chi connectivity index (χ1n) is 6.94. The predicted octanol–water partition coefficient (Wildman–Crippen LogP) is 2.56. The molecule has 1 rings (SSSR count). The van der Waals surface area contributed by atoms with Crippen molar-refractivity contribution in [1.82, 2.24) is 5.32 Å². The normalized spacial score (nSPS) is 15.2. The van der Waals surface area contributed by atoms with Crippen LogP contribution in [0.1, 0.15) is 32.8 Å². The predicted molar refractivity (Wildman–Crippen MR) is 80.0 cm³/mol. The maximum absolute atomic E-state index is 12.2. The quantitative estimate of drug-likeness (QED) is 0.779. The second kappa shape index (κ2) is 7.29. The van der Waals surface area contributed by atoms with Crippen molar-refractivity contribution in [3.63, 3.8) is 0 Å². The molecule has 2 atom stereocenters. The minimum atomic E-state index is -0.765. The lowest BCUT2D eigenvalue weighted by Crippen LogP contribution is -2.55. The number of benzene rings is 1. The van der Waals surface area contributed by atoms with Gasteiger partial charge in [0.15, 0.2) is 0 Å². The van der Waals surface area contributed by atoms with Gasteiger partial charge >= 0.3 is 5.97 Å². The number of carbonyl (C=O) groups excluding carboxylic acids is 1. The Labute approximate surface area is 121 Å². The van der Waals surface area contributed by atoms with Gasteiger partial charge in [-0.25, -0.2) is 0 Å². The first kappa shape index (κ1) is 16.5. The second-order valence-corrected chi connectivity index (χ2v) is 5.27. The average molecular weight is 279 g/mol. The lowest BCUT2D eigenvalue weighted by molar-refractivity contribution is -0.148. The zero-order chi connectivity index (χ0) is 15.2. The van der Waals surface area contributed by atoms with Crippen LogP contribution in [0, 0.1) is 0 Å². The number of hydrogen-bond donors (Lipinski definition) is 1. The molecule has 20 heavy (non-hydrogen) atoms. The van der Waals surface area contributed by atoms with Gasteiger partial charge < -0.3 is 9.47 Å². The molecule has 0 aromatic heterocycles. The molecule has 0 spiro atoms. The van der Waals surface area contributed by atoms with Crippen LogP contribution in [0.2, 0.25) is 0 Å². The van der Waals surface area contributed by atoms with E-state index in [1.807, 2.05) is 31.2 Å². The van der Waals surface area contributed by atoms with Crippen molar-refractivity contribution >= 4 is 5.97 Å². The maximum Gasteiger partial charge on any atom is 0.326 e. The number of rotatable bonds is 7. The van der Waals surface area contributed by atoms with Crippen LogP contribution >= 0.6 is 0 Å². The van der Waals surface area contributed by atoms with Crippen LogP contribution in [0.15, 0.2) is 24.3 Å². The Kier molecular flexibility index (Phi) is 6.02. The van der Waals surface area contributed by atoms with Crippen LogP contribution in [-0.2, 0) is 16.0 Å². The summed E-state index contributed by atoms with van der Waals surface area (Å²) in [5.41, 5.74) is 0.220. The number of esters is 1. The Hall–Kier alpha value is -1.55.